The van der Waals surface area contributed by atoms with Crippen molar-refractivity contribution in [1.29, 1.82) is 0 Å². The number of hydrogen-bond donors (Lipinski definition) is 0. The summed E-state index contributed by atoms with van der Waals surface area (Å²) in [5.74, 6) is -2.74. The summed E-state index contributed by atoms with van der Waals surface area (Å²) in [5.41, 5.74) is 0. The molecule has 0 radical (unpaired) electrons. The molecule has 0 heterocycles. The number of sulfone groups is 1. The van der Waals surface area contributed by atoms with E-state index in [1.165, 1.54) is 0 Å². The molecule has 0 saturated heterocycles. The van der Waals surface area contributed by atoms with Gasteiger partial charge in [-0.2, -0.15) is 0 Å². The quantitative estimate of drug-likeness (QED) is 0.571. The van der Waals surface area contributed by atoms with Gasteiger partial charge in [-0.05, 0) is 32.0 Å². The van der Waals surface area contributed by atoms with Crippen molar-refractivity contribution in [2.24, 2.45) is 0 Å². The average Bonchev–Trinajstić information content (AvgIpc) is 2.32. The van der Waals surface area contributed by atoms with Gasteiger partial charge in [-0.3, -0.25) is 0 Å². The third kappa shape index (κ3) is 4.52. The summed E-state index contributed by atoms with van der Waals surface area (Å²) >= 11 is 0. The Morgan fingerprint density at radius 3 is 2.16 bits per heavy atom. The number of ether oxygens (including phenoxy) is 2. The SMILES string of the molecule is CCOC(CS(=O)(=O)c1ccc(F)c(F)c1)OCC. The molecule has 0 saturated carbocycles. The first-order valence-electron chi connectivity index (χ1n) is 5.81. The van der Waals surface area contributed by atoms with Gasteiger partial charge in [0.25, 0.3) is 0 Å². The van der Waals surface area contributed by atoms with Crippen LogP contribution >= 0.6 is 0 Å². The second-order valence-corrected chi connectivity index (χ2v) is 5.73. The maximum atomic E-state index is 13.0. The van der Waals surface area contributed by atoms with Gasteiger partial charge in [0.2, 0.25) is 0 Å². The van der Waals surface area contributed by atoms with Crippen molar-refractivity contribution in [2.75, 3.05) is 19.0 Å². The van der Waals surface area contributed by atoms with Gasteiger partial charge < -0.3 is 9.47 Å². The summed E-state index contributed by atoms with van der Waals surface area (Å²) in [7, 11) is -3.80. The number of rotatable bonds is 7. The van der Waals surface area contributed by atoms with Gasteiger partial charge >= 0.3 is 0 Å². The normalized spacial score (nSPS) is 12.1. The fourth-order valence-corrected chi connectivity index (χ4v) is 2.76. The summed E-state index contributed by atoms with van der Waals surface area (Å²) in [6.45, 7) is 3.99. The van der Waals surface area contributed by atoms with Crippen LogP contribution in [0.15, 0.2) is 23.1 Å². The summed E-state index contributed by atoms with van der Waals surface area (Å²) in [4.78, 5) is -0.296. The molecule has 4 nitrogen and oxygen atoms in total. The van der Waals surface area contributed by atoms with Crippen LogP contribution in [-0.2, 0) is 19.3 Å². The lowest BCUT2D eigenvalue weighted by Crippen LogP contribution is -2.27. The summed E-state index contributed by atoms with van der Waals surface area (Å²) in [6.07, 6.45) is -0.923. The molecule has 1 aromatic carbocycles. The Hall–Kier alpha value is -1.05. The third-order valence-corrected chi connectivity index (χ3v) is 3.99. The van der Waals surface area contributed by atoms with E-state index in [-0.39, 0.29) is 18.1 Å². The molecular formula is C12H16F2O4S. The Kier molecular flexibility index (Phi) is 5.84. The van der Waals surface area contributed by atoms with Crippen molar-refractivity contribution in [3.63, 3.8) is 0 Å². The summed E-state index contributed by atoms with van der Waals surface area (Å²) < 4.78 is 60.1. The molecule has 0 bridgehead atoms. The van der Waals surface area contributed by atoms with E-state index in [0.717, 1.165) is 12.1 Å². The first kappa shape index (κ1) is 16.0. The zero-order valence-corrected chi connectivity index (χ0v) is 11.5. The van der Waals surface area contributed by atoms with Crippen LogP contribution in [0.25, 0.3) is 0 Å². The molecular weight excluding hydrogens is 278 g/mol. The van der Waals surface area contributed by atoms with Crippen molar-refractivity contribution in [2.45, 2.75) is 25.0 Å². The van der Waals surface area contributed by atoms with Crippen LogP contribution in [0.5, 0.6) is 0 Å². The zero-order valence-electron chi connectivity index (χ0n) is 10.7. The van der Waals surface area contributed by atoms with Crippen molar-refractivity contribution in [3.8, 4) is 0 Å². The summed E-state index contributed by atoms with van der Waals surface area (Å²) in [5, 5.41) is 0. The molecule has 0 amide bonds. The fourth-order valence-electron chi connectivity index (χ4n) is 1.46. The highest BCUT2D eigenvalue weighted by atomic mass is 32.2. The molecule has 0 aliphatic heterocycles. The van der Waals surface area contributed by atoms with Gasteiger partial charge in [0, 0.05) is 13.2 Å². The Labute approximate surface area is 111 Å². The van der Waals surface area contributed by atoms with E-state index in [2.05, 4.69) is 0 Å². The highest BCUT2D eigenvalue weighted by molar-refractivity contribution is 7.91. The topological polar surface area (TPSA) is 52.6 Å². The molecule has 0 atom stereocenters. The molecule has 0 unspecified atom stereocenters. The van der Waals surface area contributed by atoms with E-state index in [1.54, 1.807) is 13.8 Å². The monoisotopic (exact) mass is 294 g/mol. The maximum absolute atomic E-state index is 13.0. The molecule has 19 heavy (non-hydrogen) atoms. The molecule has 0 aromatic heterocycles. The second kappa shape index (κ2) is 6.93. The number of halogens is 2. The highest BCUT2D eigenvalue weighted by Gasteiger charge is 2.23. The van der Waals surface area contributed by atoms with Crippen LogP contribution in [0.3, 0.4) is 0 Å². The van der Waals surface area contributed by atoms with Gasteiger partial charge in [0.15, 0.2) is 27.8 Å². The van der Waals surface area contributed by atoms with Crippen LogP contribution < -0.4 is 0 Å². The van der Waals surface area contributed by atoms with E-state index in [4.69, 9.17) is 9.47 Å². The minimum absolute atomic E-state index is 0.290. The average molecular weight is 294 g/mol. The van der Waals surface area contributed by atoms with Crippen molar-refractivity contribution in [1.82, 2.24) is 0 Å². The lowest BCUT2D eigenvalue weighted by molar-refractivity contribution is -0.120. The second-order valence-electron chi connectivity index (χ2n) is 3.70. The first-order valence-corrected chi connectivity index (χ1v) is 7.47. The molecule has 108 valence electrons. The molecule has 0 N–H and O–H groups in total. The smallest absolute Gasteiger partial charge is 0.183 e. The van der Waals surface area contributed by atoms with Crippen LogP contribution in [0, 0.1) is 11.6 Å². The minimum atomic E-state index is -3.80. The lowest BCUT2D eigenvalue weighted by Gasteiger charge is -2.16. The number of benzene rings is 1. The predicted molar refractivity (Wildman–Crippen MR) is 65.5 cm³/mol. The Morgan fingerprint density at radius 1 is 1.11 bits per heavy atom. The minimum Gasteiger partial charge on any atom is -0.352 e. The standard InChI is InChI=1S/C12H16F2O4S/c1-3-17-12(18-4-2)8-19(15,16)9-5-6-10(13)11(14)7-9/h5-7,12H,3-4,8H2,1-2H3. The van der Waals surface area contributed by atoms with Gasteiger partial charge in [-0.25, -0.2) is 17.2 Å². The van der Waals surface area contributed by atoms with Crippen molar-refractivity contribution < 1.29 is 26.7 Å². The molecule has 0 aliphatic rings. The van der Waals surface area contributed by atoms with Crippen molar-refractivity contribution >= 4 is 9.84 Å². The van der Waals surface area contributed by atoms with Gasteiger partial charge in [-0.15, -0.1) is 0 Å². The molecule has 7 heteroatoms. The van der Waals surface area contributed by atoms with Crippen LogP contribution in [0.2, 0.25) is 0 Å². The van der Waals surface area contributed by atoms with E-state index in [1.807, 2.05) is 0 Å². The first-order chi connectivity index (χ1) is 8.90. The molecule has 1 aromatic rings. The van der Waals surface area contributed by atoms with E-state index >= 15 is 0 Å². The maximum Gasteiger partial charge on any atom is 0.183 e. The highest BCUT2D eigenvalue weighted by Crippen LogP contribution is 2.17. The zero-order chi connectivity index (χ0) is 14.5. The molecule has 1 rings (SSSR count). The lowest BCUT2D eigenvalue weighted by atomic mass is 10.3. The molecule has 0 aliphatic carbocycles. The van der Waals surface area contributed by atoms with Gasteiger partial charge in [-0.1, -0.05) is 0 Å². The fraction of sp³-hybridized carbons (Fsp3) is 0.500. The number of hydrogen-bond acceptors (Lipinski definition) is 4. The largest absolute Gasteiger partial charge is 0.352 e. The van der Waals surface area contributed by atoms with Crippen LogP contribution in [0.4, 0.5) is 8.78 Å². The van der Waals surface area contributed by atoms with E-state index in [9.17, 15) is 17.2 Å². The predicted octanol–water partition coefficient (Wildman–Crippen LogP) is 2.14. The molecule has 0 fully saturated rings. The van der Waals surface area contributed by atoms with Gasteiger partial charge in [0.05, 0.1) is 4.90 Å². The van der Waals surface area contributed by atoms with Crippen LogP contribution in [-0.4, -0.2) is 33.7 Å². The summed E-state index contributed by atoms with van der Waals surface area (Å²) in [6, 6.07) is 2.45. The Morgan fingerprint density at radius 2 is 1.68 bits per heavy atom. The van der Waals surface area contributed by atoms with E-state index < -0.39 is 33.5 Å². The Balaban J connectivity index is 2.92. The molecule has 0 spiro atoms. The van der Waals surface area contributed by atoms with Crippen molar-refractivity contribution in [3.05, 3.63) is 29.8 Å². The van der Waals surface area contributed by atoms with Crippen LogP contribution in [0.1, 0.15) is 13.8 Å². The third-order valence-electron chi connectivity index (χ3n) is 2.31. The Bertz CT molecular complexity index is 510. The van der Waals surface area contributed by atoms with Gasteiger partial charge in [0.1, 0.15) is 5.75 Å². The van der Waals surface area contributed by atoms with E-state index in [0.29, 0.717) is 6.07 Å².